The molecular formula is C13H17N5O3. The largest absolute Gasteiger partial charge is 0.463 e. The van der Waals surface area contributed by atoms with Gasteiger partial charge in [0.25, 0.3) is 0 Å². The van der Waals surface area contributed by atoms with Crippen LogP contribution in [-0.4, -0.2) is 26.7 Å². The van der Waals surface area contributed by atoms with E-state index < -0.39 is 0 Å². The zero-order chi connectivity index (χ0) is 15.1. The Kier molecular flexibility index (Phi) is 5.24. The van der Waals surface area contributed by atoms with Crippen LogP contribution in [0.15, 0.2) is 24.3 Å². The number of hydrogen-bond donors (Lipinski definition) is 3. The molecule has 0 spiro atoms. The van der Waals surface area contributed by atoms with E-state index in [0.29, 0.717) is 12.4 Å². The minimum Gasteiger partial charge on any atom is -0.463 e. The van der Waals surface area contributed by atoms with Gasteiger partial charge in [0.1, 0.15) is 5.75 Å². The van der Waals surface area contributed by atoms with Crippen molar-refractivity contribution in [2.24, 2.45) is 5.84 Å². The van der Waals surface area contributed by atoms with Crippen molar-refractivity contribution < 1.29 is 14.6 Å². The number of hydrogen-bond acceptors (Lipinski definition) is 8. The summed E-state index contributed by atoms with van der Waals surface area (Å²) in [6, 6.07) is 7.11. The van der Waals surface area contributed by atoms with E-state index in [2.05, 4.69) is 20.4 Å². The number of anilines is 1. The maximum absolute atomic E-state index is 8.99. The molecule has 0 saturated carbocycles. The Morgan fingerprint density at radius 2 is 1.86 bits per heavy atom. The Bertz CT molecular complexity index is 577. The van der Waals surface area contributed by atoms with Gasteiger partial charge in [0.15, 0.2) is 0 Å². The summed E-state index contributed by atoms with van der Waals surface area (Å²) in [6.45, 7) is 2.43. The molecule has 112 valence electrons. The molecule has 0 amide bonds. The Hall–Kier alpha value is -2.45. The van der Waals surface area contributed by atoms with Gasteiger partial charge < -0.3 is 14.6 Å². The summed E-state index contributed by atoms with van der Waals surface area (Å²) in [4.78, 5) is 12.0. The molecule has 21 heavy (non-hydrogen) atoms. The molecule has 0 saturated heterocycles. The molecule has 8 heteroatoms. The molecule has 0 bridgehead atoms. The maximum atomic E-state index is 8.99. The van der Waals surface area contributed by atoms with Gasteiger partial charge in [-0.2, -0.15) is 9.97 Å². The first-order valence-corrected chi connectivity index (χ1v) is 6.48. The highest BCUT2D eigenvalue weighted by Gasteiger charge is 2.09. The maximum Gasteiger partial charge on any atom is 0.330 e. The molecule has 0 aliphatic carbocycles. The van der Waals surface area contributed by atoms with E-state index >= 15 is 0 Å². The first kappa shape index (κ1) is 14.9. The van der Waals surface area contributed by atoms with Crippen LogP contribution in [0.1, 0.15) is 18.9 Å². The predicted molar refractivity (Wildman–Crippen MR) is 75.9 cm³/mol. The molecule has 2 rings (SSSR count). The topological polar surface area (TPSA) is 115 Å². The SMILES string of the molecule is CCCOc1nc(NN)nc(Oc2ccc(CO)cc2)n1. The average molecular weight is 291 g/mol. The third-order valence-electron chi connectivity index (χ3n) is 2.47. The van der Waals surface area contributed by atoms with Crippen LogP contribution in [0.5, 0.6) is 17.8 Å². The molecule has 0 aliphatic heterocycles. The fourth-order valence-electron chi connectivity index (χ4n) is 1.47. The second-order valence-electron chi connectivity index (χ2n) is 4.12. The van der Waals surface area contributed by atoms with E-state index in [9.17, 15) is 0 Å². The first-order chi connectivity index (χ1) is 10.2. The molecule has 0 radical (unpaired) electrons. The number of hydrazine groups is 1. The van der Waals surface area contributed by atoms with E-state index in [1.165, 1.54) is 0 Å². The van der Waals surface area contributed by atoms with E-state index in [1.54, 1.807) is 24.3 Å². The van der Waals surface area contributed by atoms with Crippen LogP contribution < -0.4 is 20.7 Å². The molecule has 0 fully saturated rings. The number of aliphatic hydroxyl groups excluding tert-OH is 1. The number of nitrogens with zero attached hydrogens (tertiary/aromatic N) is 3. The van der Waals surface area contributed by atoms with Crippen LogP contribution in [0.3, 0.4) is 0 Å². The first-order valence-electron chi connectivity index (χ1n) is 6.48. The van der Waals surface area contributed by atoms with Crippen LogP contribution >= 0.6 is 0 Å². The number of nitrogens with two attached hydrogens (primary N) is 1. The molecule has 8 nitrogen and oxygen atoms in total. The lowest BCUT2D eigenvalue weighted by Crippen LogP contribution is -2.13. The molecule has 1 aromatic heterocycles. The van der Waals surface area contributed by atoms with Gasteiger partial charge in [-0.1, -0.05) is 19.1 Å². The van der Waals surface area contributed by atoms with Crippen LogP contribution in [0.4, 0.5) is 5.95 Å². The summed E-state index contributed by atoms with van der Waals surface area (Å²) >= 11 is 0. The minimum absolute atomic E-state index is 0.0255. The number of rotatable bonds is 7. The zero-order valence-electron chi connectivity index (χ0n) is 11.6. The highest BCUT2D eigenvalue weighted by molar-refractivity contribution is 5.31. The van der Waals surface area contributed by atoms with E-state index in [1.807, 2.05) is 6.92 Å². The van der Waals surface area contributed by atoms with Crippen molar-refractivity contribution in [2.75, 3.05) is 12.0 Å². The number of ether oxygens (including phenoxy) is 2. The summed E-state index contributed by atoms with van der Waals surface area (Å²) in [5.41, 5.74) is 3.12. The van der Waals surface area contributed by atoms with Gasteiger partial charge in [-0.15, -0.1) is 4.98 Å². The highest BCUT2D eigenvalue weighted by Crippen LogP contribution is 2.21. The number of nitrogen functional groups attached to an aromatic ring is 1. The third-order valence-corrected chi connectivity index (χ3v) is 2.47. The fraction of sp³-hybridized carbons (Fsp3) is 0.308. The van der Waals surface area contributed by atoms with Gasteiger partial charge in [-0.25, -0.2) is 5.84 Å². The van der Waals surface area contributed by atoms with Crippen LogP contribution in [0.2, 0.25) is 0 Å². The molecule has 0 atom stereocenters. The number of aliphatic hydroxyl groups is 1. The van der Waals surface area contributed by atoms with Gasteiger partial charge in [0, 0.05) is 0 Å². The molecule has 0 unspecified atom stereocenters. The second kappa shape index (κ2) is 7.36. The Balaban J connectivity index is 2.16. The van der Waals surface area contributed by atoms with Crippen molar-refractivity contribution in [3.63, 3.8) is 0 Å². The molecule has 4 N–H and O–H groups in total. The summed E-state index contributed by atoms with van der Waals surface area (Å²) in [5.74, 6) is 5.99. The van der Waals surface area contributed by atoms with Crippen molar-refractivity contribution in [3.8, 4) is 17.8 Å². The lowest BCUT2D eigenvalue weighted by molar-refractivity contribution is 0.281. The Labute approximate surface area is 121 Å². The van der Waals surface area contributed by atoms with Crippen LogP contribution in [0.25, 0.3) is 0 Å². The summed E-state index contributed by atoms with van der Waals surface area (Å²) in [5, 5.41) is 8.99. The van der Waals surface area contributed by atoms with Crippen molar-refractivity contribution in [1.29, 1.82) is 0 Å². The average Bonchev–Trinajstić information content (AvgIpc) is 2.53. The molecule has 0 aliphatic rings. The van der Waals surface area contributed by atoms with Crippen molar-refractivity contribution in [1.82, 2.24) is 15.0 Å². The Morgan fingerprint density at radius 3 is 2.48 bits per heavy atom. The van der Waals surface area contributed by atoms with Crippen molar-refractivity contribution in [3.05, 3.63) is 29.8 Å². The van der Waals surface area contributed by atoms with Crippen molar-refractivity contribution >= 4 is 5.95 Å². The summed E-state index contributed by atoms with van der Waals surface area (Å²) in [7, 11) is 0. The van der Waals surface area contributed by atoms with Gasteiger partial charge >= 0.3 is 12.0 Å². The Morgan fingerprint density at radius 1 is 1.14 bits per heavy atom. The molecule has 2 aromatic rings. The van der Waals surface area contributed by atoms with Gasteiger partial charge in [0.2, 0.25) is 5.95 Å². The van der Waals surface area contributed by atoms with Crippen molar-refractivity contribution in [2.45, 2.75) is 20.0 Å². The fourth-order valence-corrected chi connectivity index (χ4v) is 1.47. The number of benzene rings is 1. The summed E-state index contributed by atoms with van der Waals surface area (Å²) in [6.07, 6.45) is 0.829. The van der Waals surface area contributed by atoms with Gasteiger partial charge in [-0.05, 0) is 24.1 Å². The quantitative estimate of drug-likeness (QED) is 0.515. The minimum atomic E-state index is -0.0255. The lowest BCUT2D eigenvalue weighted by Gasteiger charge is -2.08. The number of nitrogens with one attached hydrogen (secondary N) is 1. The third kappa shape index (κ3) is 4.26. The smallest absolute Gasteiger partial charge is 0.330 e. The monoisotopic (exact) mass is 291 g/mol. The normalized spacial score (nSPS) is 10.2. The summed E-state index contributed by atoms with van der Waals surface area (Å²) < 4.78 is 10.9. The highest BCUT2D eigenvalue weighted by atomic mass is 16.5. The number of aromatic nitrogens is 3. The van der Waals surface area contributed by atoms with Gasteiger partial charge in [0.05, 0.1) is 13.2 Å². The van der Waals surface area contributed by atoms with Crippen LogP contribution in [0, 0.1) is 0 Å². The van der Waals surface area contributed by atoms with Gasteiger partial charge in [-0.3, -0.25) is 5.43 Å². The van der Waals surface area contributed by atoms with E-state index in [-0.39, 0.29) is 24.6 Å². The van der Waals surface area contributed by atoms with E-state index in [4.69, 9.17) is 20.4 Å². The molecule has 1 heterocycles. The predicted octanol–water partition coefficient (Wildman–Crippen LogP) is 1.23. The molecular weight excluding hydrogens is 274 g/mol. The molecule has 1 aromatic carbocycles. The standard InChI is InChI=1S/C13H17N5O3/c1-2-7-20-12-15-11(18-14)16-13(17-12)21-10-5-3-9(8-19)4-6-10/h3-6,19H,2,7-8,14H2,1H3,(H,15,16,17,18). The van der Waals surface area contributed by atoms with Crippen LogP contribution in [-0.2, 0) is 6.61 Å². The lowest BCUT2D eigenvalue weighted by atomic mass is 10.2. The van der Waals surface area contributed by atoms with E-state index in [0.717, 1.165) is 12.0 Å². The second-order valence-corrected chi connectivity index (χ2v) is 4.12. The zero-order valence-corrected chi connectivity index (χ0v) is 11.6.